The van der Waals surface area contributed by atoms with Gasteiger partial charge >= 0.3 is 0 Å². The normalized spacial score (nSPS) is 11.1. The third kappa shape index (κ3) is 4.79. The molecule has 0 aliphatic rings. The zero-order chi connectivity index (χ0) is 23.4. The predicted octanol–water partition coefficient (Wildman–Crippen LogP) is 6.64. The van der Waals surface area contributed by atoms with E-state index in [1.165, 1.54) is 9.13 Å². The zero-order valence-electron chi connectivity index (χ0n) is 17.6. The van der Waals surface area contributed by atoms with Crippen LogP contribution in [0.25, 0.3) is 11.4 Å². The molecule has 0 radical (unpaired) electrons. The van der Waals surface area contributed by atoms with Gasteiger partial charge in [-0.2, -0.15) is 5.11 Å². The van der Waals surface area contributed by atoms with Crippen LogP contribution >= 0.6 is 28.1 Å². The fourth-order valence-corrected chi connectivity index (χ4v) is 3.83. The molecular formula is C24H19BrN4O3S. The number of halogens is 1. The monoisotopic (exact) mass is 522 g/mol. The molecule has 0 unspecified atom stereocenters. The molecule has 0 spiro atoms. The van der Waals surface area contributed by atoms with Crippen molar-refractivity contribution >= 4 is 39.5 Å². The zero-order valence-corrected chi connectivity index (χ0v) is 20.0. The number of para-hydroxylation sites is 1. The van der Waals surface area contributed by atoms with E-state index in [0.29, 0.717) is 29.4 Å². The Bertz CT molecular complexity index is 1410. The first-order chi connectivity index (χ1) is 16.0. The molecule has 9 heteroatoms. The molecule has 0 amide bonds. The molecule has 1 N–H and O–H groups in total. The lowest BCUT2D eigenvalue weighted by Crippen LogP contribution is -2.23. The van der Waals surface area contributed by atoms with Crippen molar-refractivity contribution in [3.8, 4) is 23.0 Å². The minimum Gasteiger partial charge on any atom is -0.494 e. The summed E-state index contributed by atoms with van der Waals surface area (Å²) in [4.78, 5) is 13.4. The van der Waals surface area contributed by atoms with Crippen LogP contribution in [0.5, 0.6) is 11.6 Å². The quantitative estimate of drug-likeness (QED) is 0.227. The summed E-state index contributed by atoms with van der Waals surface area (Å²) in [5.74, 6) is 0.309. The number of aromatic hydroxyl groups is 1. The summed E-state index contributed by atoms with van der Waals surface area (Å²) in [6, 6.07) is 23.1. The van der Waals surface area contributed by atoms with Gasteiger partial charge < -0.3 is 9.84 Å². The van der Waals surface area contributed by atoms with Crippen molar-refractivity contribution < 1.29 is 9.84 Å². The van der Waals surface area contributed by atoms with Crippen LogP contribution < -0.4 is 10.3 Å². The van der Waals surface area contributed by atoms with Crippen LogP contribution in [0.3, 0.4) is 0 Å². The van der Waals surface area contributed by atoms with Gasteiger partial charge in [-0.1, -0.05) is 34.1 Å². The van der Waals surface area contributed by atoms with E-state index in [1.807, 2.05) is 25.1 Å². The van der Waals surface area contributed by atoms with E-state index >= 15 is 0 Å². The Hall–Kier alpha value is -3.56. The van der Waals surface area contributed by atoms with E-state index in [1.54, 1.807) is 60.7 Å². The lowest BCUT2D eigenvalue weighted by atomic mass is 10.3. The average molecular weight is 523 g/mol. The van der Waals surface area contributed by atoms with Crippen LogP contribution in [0, 0.1) is 4.77 Å². The minimum atomic E-state index is -0.577. The Balaban J connectivity index is 1.90. The molecule has 166 valence electrons. The van der Waals surface area contributed by atoms with Crippen molar-refractivity contribution in [2.75, 3.05) is 6.61 Å². The highest BCUT2D eigenvalue weighted by Gasteiger charge is 2.19. The molecule has 1 heterocycles. The highest BCUT2D eigenvalue weighted by molar-refractivity contribution is 9.10. The molecule has 0 saturated carbocycles. The molecule has 4 rings (SSSR count). The number of hydrogen-bond acceptors (Lipinski definition) is 6. The van der Waals surface area contributed by atoms with Crippen molar-refractivity contribution in [3.05, 3.63) is 98.5 Å². The predicted molar refractivity (Wildman–Crippen MR) is 133 cm³/mol. The van der Waals surface area contributed by atoms with Gasteiger partial charge in [0.25, 0.3) is 5.56 Å². The number of benzene rings is 3. The highest BCUT2D eigenvalue weighted by Crippen LogP contribution is 2.30. The van der Waals surface area contributed by atoms with E-state index in [2.05, 4.69) is 26.2 Å². The van der Waals surface area contributed by atoms with Gasteiger partial charge in [0.15, 0.2) is 4.77 Å². The summed E-state index contributed by atoms with van der Waals surface area (Å²) >= 11 is 9.01. The van der Waals surface area contributed by atoms with Gasteiger partial charge in [0.05, 0.1) is 23.7 Å². The van der Waals surface area contributed by atoms with Gasteiger partial charge in [-0.3, -0.25) is 13.9 Å². The fourth-order valence-electron chi connectivity index (χ4n) is 3.18. The Labute approximate surface area is 203 Å². The summed E-state index contributed by atoms with van der Waals surface area (Å²) in [5, 5.41) is 19.3. The summed E-state index contributed by atoms with van der Waals surface area (Å²) in [5.41, 5.74) is 0.816. The van der Waals surface area contributed by atoms with Gasteiger partial charge in [-0.25, -0.2) is 0 Å². The molecule has 0 bridgehead atoms. The summed E-state index contributed by atoms with van der Waals surface area (Å²) in [6.45, 7) is 2.45. The van der Waals surface area contributed by atoms with Crippen molar-refractivity contribution in [3.63, 3.8) is 0 Å². The minimum absolute atomic E-state index is 0.103. The second kappa shape index (κ2) is 9.93. The van der Waals surface area contributed by atoms with E-state index in [-0.39, 0.29) is 10.5 Å². The second-order valence-corrected chi connectivity index (χ2v) is 8.15. The van der Waals surface area contributed by atoms with Gasteiger partial charge in [0.2, 0.25) is 11.6 Å². The molecule has 0 aliphatic carbocycles. The van der Waals surface area contributed by atoms with E-state index in [9.17, 15) is 9.90 Å². The van der Waals surface area contributed by atoms with Crippen LogP contribution in [0.4, 0.5) is 11.4 Å². The molecular weight excluding hydrogens is 504 g/mol. The number of ether oxygens (including phenoxy) is 1. The molecule has 3 aromatic carbocycles. The summed E-state index contributed by atoms with van der Waals surface area (Å²) < 4.78 is 9.11. The Morgan fingerprint density at radius 1 is 0.909 bits per heavy atom. The van der Waals surface area contributed by atoms with Crippen LogP contribution in [-0.2, 0) is 0 Å². The maximum Gasteiger partial charge on any atom is 0.290 e. The molecule has 0 aliphatic heterocycles. The van der Waals surface area contributed by atoms with Gasteiger partial charge in [0.1, 0.15) is 5.75 Å². The highest BCUT2D eigenvalue weighted by atomic mass is 79.9. The van der Waals surface area contributed by atoms with Crippen molar-refractivity contribution in [2.24, 2.45) is 10.2 Å². The summed E-state index contributed by atoms with van der Waals surface area (Å²) in [7, 11) is 0. The number of rotatable bonds is 6. The Morgan fingerprint density at radius 3 is 2.18 bits per heavy atom. The van der Waals surface area contributed by atoms with Gasteiger partial charge in [-0.15, -0.1) is 5.11 Å². The van der Waals surface area contributed by atoms with Crippen LogP contribution in [0.15, 0.2) is 98.4 Å². The van der Waals surface area contributed by atoms with E-state index in [0.717, 1.165) is 4.47 Å². The lowest BCUT2D eigenvalue weighted by molar-refractivity contribution is 0.340. The summed E-state index contributed by atoms with van der Waals surface area (Å²) in [6.07, 6.45) is 0. The van der Waals surface area contributed by atoms with Crippen LogP contribution in [-0.4, -0.2) is 20.8 Å². The second-order valence-electron chi connectivity index (χ2n) is 6.87. The van der Waals surface area contributed by atoms with Crippen molar-refractivity contribution in [2.45, 2.75) is 6.92 Å². The molecule has 0 saturated heterocycles. The first-order valence-electron chi connectivity index (χ1n) is 10.1. The maximum absolute atomic E-state index is 13.4. The first kappa shape index (κ1) is 22.6. The molecule has 33 heavy (non-hydrogen) atoms. The van der Waals surface area contributed by atoms with Gasteiger partial charge in [0, 0.05) is 4.47 Å². The lowest BCUT2D eigenvalue weighted by Gasteiger charge is -2.16. The third-order valence-electron chi connectivity index (χ3n) is 4.72. The maximum atomic E-state index is 13.4. The third-order valence-corrected chi connectivity index (χ3v) is 5.62. The largest absolute Gasteiger partial charge is 0.494 e. The average Bonchev–Trinajstić information content (AvgIpc) is 2.82. The van der Waals surface area contributed by atoms with Gasteiger partial charge in [-0.05, 0) is 79.8 Å². The number of nitrogens with zero attached hydrogens (tertiary/aromatic N) is 4. The first-order valence-corrected chi connectivity index (χ1v) is 11.3. The molecule has 0 fully saturated rings. The Morgan fingerprint density at radius 2 is 1.55 bits per heavy atom. The molecule has 7 nitrogen and oxygen atoms in total. The van der Waals surface area contributed by atoms with Crippen LogP contribution in [0.2, 0.25) is 0 Å². The number of aromatic nitrogens is 2. The van der Waals surface area contributed by atoms with E-state index in [4.69, 9.17) is 17.0 Å². The molecule has 0 atom stereocenters. The smallest absolute Gasteiger partial charge is 0.290 e. The van der Waals surface area contributed by atoms with Crippen molar-refractivity contribution in [1.29, 1.82) is 0 Å². The Kier molecular flexibility index (Phi) is 6.81. The van der Waals surface area contributed by atoms with Crippen molar-refractivity contribution in [1.82, 2.24) is 9.13 Å². The number of hydrogen-bond donors (Lipinski definition) is 1. The fraction of sp³-hybridized carbons (Fsp3) is 0.0833. The standard InChI is InChI=1S/C24H19BrN4O3S/c1-2-32-20-14-10-17(11-15-20)26-27-21-22(30)28(18-6-4-3-5-7-18)24(33)29(23(21)31)19-12-8-16(25)9-13-19/h3-15,31H,2H2,1H3. The molecule has 1 aromatic heterocycles. The van der Waals surface area contributed by atoms with E-state index < -0.39 is 11.4 Å². The van der Waals surface area contributed by atoms with Crippen LogP contribution in [0.1, 0.15) is 6.92 Å². The molecule has 4 aromatic rings. The SMILES string of the molecule is CCOc1ccc(N=Nc2c(O)n(-c3ccc(Br)cc3)c(=S)n(-c3ccccc3)c2=O)cc1. The topological polar surface area (TPSA) is 81.1 Å². The number of azo groups is 1.